The van der Waals surface area contributed by atoms with Gasteiger partial charge in [0.25, 0.3) is 0 Å². The van der Waals surface area contributed by atoms with Crippen molar-refractivity contribution in [3.05, 3.63) is 0 Å². The summed E-state index contributed by atoms with van der Waals surface area (Å²) in [4.78, 5) is 20.7. The molecule has 0 atom stereocenters. The average molecular weight is 183 g/mol. The van der Waals surface area contributed by atoms with E-state index < -0.39 is 26.3 Å². The van der Waals surface area contributed by atoms with Crippen molar-refractivity contribution in [1.29, 1.82) is 0 Å². The van der Waals surface area contributed by atoms with Gasteiger partial charge in [-0.05, 0) is 0 Å². The van der Waals surface area contributed by atoms with Gasteiger partial charge in [0.1, 0.15) is 0 Å². The molecule has 0 spiro atoms. The Morgan fingerprint density at radius 2 is 1.44 bits per heavy atom. The van der Waals surface area contributed by atoms with Crippen molar-refractivity contribution in [2.24, 2.45) is 0 Å². The Hall–Kier alpha value is -0.437. The Morgan fingerprint density at radius 1 is 1.11 bits per heavy atom. The fourth-order valence-corrected chi connectivity index (χ4v) is 1.36. The van der Waals surface area contributed by atoms with Crippen molar-refractivity contribution < 1.29 is 36.2 Å². The summed E-state index contributed by atoms with van der Waals surface area (Å²) in [5.74, 6) is 0. The van der Waals surface area contributed by atoms with E-state index in [1.54, 1.807) is 0 Å². The molecule has 0 aliphatic rings. The van der Waals surface area contributed by atoms with Gasteiger partial charge in [-0.3, -0.25) is 0 Å². The summed E-state index contributed by atoms with van der Waals surface area (Å²) in [6.45, 7) is 0. The second kappa shape index (κ2) is 4.44. The van der Waals surface area contributed by atoms with E-state index in [2.05, 4.69) is 9.47 Å². The number of carbonyl (C=O) groups excluding carboxylic acids is 2. The van der Waals surface area contributed by atoms with Crippen LogP contribution in [0.15, 0.2) is 0 Å². The van der Waals surface area contributed by atoms with E-state index >= 15 is 0 Å². The van der Waals surface area contributed by atoms with Gasteiger partial charge in [0, 0.05) is 0 Å². The number of hydrogen-bond donors (Lipinski definition) is 0. The number of hydrogen-bond acceptors (Lipinski definition) is 4. The van der Waals surface area contributed by atoms with Crippen LogP contribution in [0.1, 0.15) is 0 Å². The van der Waals surface area contributed by atoms with E-state index in [0.717, 1.165) is 0 Å². The molecular formula is C4H6O4Zn. The quantitative estimate of drug-likeness (QED) is 0.589. The summed E-state index contributed by atoms with van der Waals surface area (Å²) in [5, 5.41) is 0. The summed E-state index contributed by atoms with van der Waals surface area (Å²) in [5.41, 5.74) is 0. The Morgan fingerprint density at radius 3 is 1.67 bits per heavy atom. The van der Waals surface area contributed by atoms with E-state index in [0.29, 0.717) is 0 Å². The topological polar surface area (TPSA) is 52.6 Å². The molecule has 0 bridgehead atoms. The monoisotopic (exact) mass is 182 g/mol. The summed E-state index contributed by atoms with van der Waals surface area (Å²) in [6, 6.07) is 0. The van der Waals surface area contributed by atoms with Crippen molar-refractivity contribution in [3.63, 3.8) is 0 Å². The molecule has 0 aliphatic carbocycles. The molecular weight excluding hydrogens is 177 g/mol. The van der Waals surface area contributed by atoms with Crippen LogP contribution in [0.3, 0.4) is 0 Å². The fourth-order valence-electron chi connectivity index (χ4n) is 0.262. The molecule has 4 nitrogen and oxygen atoms in total. The molecule has 0 saturated carbocycles. The molecule has 0 aliphatic heterocycles. The number of methoxy groups -OCH3 is 2. The first-order chi connectivity index (χ1) is 4.20. The molecule has 0 radical (unpaired) electrons. The summed E-state index contributed by atoms with van der Waals surface area (Å²) >= 11 is -1.86. The Kier molecular flexibility index (Phi) is 4.23. The van der Waals surface area contributed by atoms with Crippen molar-refractivity contribution in [2.45, 2.75) is 0 Å². The summed E-state index contributed by atoms with van der Waals surface area (Å²) in [7, 11) is 2.52. The maximum absolute atomic E-state index is 10.3. The van der Waals surface area contributed by atoms with Crippen LogP contribution >= 0.6 is 0 Å². The number of ether oxygens (including phenoxy) is 2. The molecule has 5 heteroatoms. The standard InChI is InChI=1S/2C2H3O2.Zn/c2*1-4-2-3;/h2*1H3;. The SMILES string of the molecule is CO[C](=O)[Zn][C](=O)OC. The number of carbonyl (C=O) groups is 2. The van der Waals surface area contributed by atoms with Crippen LogP contribution in [-0.2, 0) is 26.6 Å². The van der Waals surface area contributed by atoms with E-state index in [4.69, 9.17) is 0 Å². The van der Waals surface area contributed by atoms with Crippen LogP contribution in [0.5, 0.6) is 0 Å². The number of rotatable bonds is 2. The van der Waals surface area contributed by atoms with Crippen LogP contribution in [0.25, 0.3) is 0 Å². The van der Waals surface area contributed by atoms with Gasteiger partial charge in [-0.1, -0.05) is 0 Å². The minimum absolute atomic E-state index is 0.394. The molecule has 0 saturated heterocycles. The van der Waals surface area contributed by atoms with Gasteiger partial charge in [0.2, 0.25) is 0 Å². The van der Waals surface area contributed by atoms with Gasteiger partial charge >= 0.3 is 59.5 Å². The van der Waals surface area contributed by atoms with Crippen molar-refractivity contribution in [1.82, 2.24) is 0 Å². The predicted molar refractivity (Wildman–Crippen MR) is 24.8 cm³/mol. The third kappa shape index (κ3) is 4.09. The normalized spacial score (nSPS) is 7.33. The first-order valence-corrected chi connectivity index (χ1v) is 5.31. The predicted octanol–water partition coefficient (Wildman–Crippen LogP) is 0.602. The molecule has 0 aromatic heterocycles. The minimum atomic E-state index is -1.86. The Bertz CT molecular complexity index is 108. The van der Waals surface area contributed by atoms with E-state index in [-0.39, 0.29) is 0 Å². The van der Waals surface area contributed by atoms with Gasteiger partial charge in [-0.15, -0.1) is 0 Å². The van der Waals surface area contributed by atoms with Gasteiger partial charge in [-0.2, -0.15) is 0 Å². The zero-order valence-corrected chi connectivity index (χ0v) is 8.31. The van der Waals surface area contributed by atoms with Gasteiger partial charge in [0.05, 0.1) is 0 Å². The Balaban J connectivity index is 3.47. The first-order valence-electron chi connectivity index (χ1n) is 2.34. The zero-order valence-electron chi connectivity index (χ0n) is 5.34. The van der Waals surface area contributed by atoms with Crippen LogP contribution in [0, 0.1) is 0 Å². The van der Waals surface area contributed by atoms with Crippen LogP contribution in [-0.4, -0.2) is 23.3 Å². The van der Waals surface area contributed by atoms with Gasteiger partial charge in [0.15, 0.2) is 0 Å². The van der Waals surface area contributed by atoms with Gasteiger partial charge < -0.3 is 0 Å². The third-order valence-corrected chi connectivity index (χ3v) is 3.17. The average Bonchev–Trinajstić information content (AvgIpc) is 1.87. The third-order valence-electron chi connectivity index (χ3n) is 0.744. The molecule has 0 unspecified atom stereocenters. The second-order valence-electron chi connectivity index (χ2n) is 1.33. The zero-order chi connectivity index (χ0) is 7.28. The molecule has 0 N–H and O–H groups in total. The van der Waals surface area contributed by atoms with E-state index in [9.17, 15) is 9.59 Å². The summed E-state index contributed by atoms with van der Waals surface area (Å²) < 4.78 is 7.74. The maximum atomic E-state index is 10.3. The fraction of sp³-hybridized carbons (Fsp3) is 0.500. The molecule has 0 heterocycles. The molecule has 0 rings (SSSR count). The molecule has 0 fully saturated rings. The summed E-state index contributed by atoms with van der Waals surface area (Å²) in [6.07, 6.45) is 0. The molecule has 0 amide bonds. The van der Waals surface area contributed by atoms with Crippen LogP contribution in [0.4, 0.5) is 9.59 Å². The molecule has 0 aromatic rings. The van der Waals surface area contributed by atoms with Crippen LogP contribution in [0.2, 0.25) is 0 Å². The first kappa shape index (κ1) is 8.56. The molecule has 0 aromatic carbocycles. The van der Waals surface area contributed by atoms with Crippen molar-refractivity contribution in [3.8, 4) is 0 Å². The van der Waals surface area contributed by atoms with Crippen LogP contribution < -0.4 is 0 Å². The van der Waals surface area contributed by atoms with E-state index in [1.165, 1.54) is 14.2 Å². The Labute approximate surface area is 60.1 Å². The second-order valence-corrected chi connectivity index (χ2v) is 4.49. The van der Waals surface area contributed by atoms with Crippen molar-refractivity contribution >= 4 is 9.13 Å². The van der Waals surface area contributed by atoms with Crippen molar-refractivity contribution in [2.75, 3.05) is 14.2 Å². The van der Waals surface area contributed by atoms with Gasteiger partial charge in [-0.25, -0.2) is 0 Å². The van der Waals surface area contributed by atoms with E-state index in [1.807, 2.05) is 0 Å². The molecule has 9 heavy (non-hydrogen) atoms. The molecule has 48 valence electrons.